The van der Waals surface area contributed by atoms with Gasteiger partial charge in [0.15, 0.2) is 0 Å². The highest BCUT2D eigenvalue weighted by Crippen LogP contribution is 2.29. The van der Waals surface area contributed by atoms with Gasteiger partial charge in [0.2, 0.25) is 0 Å². The number of halogens is 3. The fraction of sp³-hybridized carbons (Fsp3) is 0.300. The molecule has 8 heteroatoms. The number of carbonyl (C=O) groups excluding carboxylic acids is 2. The average Bonchev–Trinajstić information content (AvgIpc) is 2.67. The van der Waals surface area contributed by atoms with Gasteiger partial charge >= 0.3 is 18.0 Å². The maximum atomic E-state index is 12.5. The van der Waals surface area contributed by atoms with Crippen LogP contribution < -0.4 is 10.6 Å². The van der Waals surface area contributed by atoms with Crippen LogP contribution in [0.4, 0.5) is 18.9 Å². The molecule has 3 N–H and O–H groups in total. The molecule has 0 saturated heterocycles. The van der Waals surface area contributed by atoms with Crippen molar-refractivity contribution in [3.05, 3.63) is 65.7 Å². The van der Waals surface area contributed by atoms with Crippen molar-refractivity contribution in [3.63, 3.8) is 0 Å². The van der Waals surface area contributed by atoms with Crippen molar-refractivity contribution in [1.82, 2.24) is 5.32 Å². The fourth-order valence-corrected chi connectivity index (χ4v) is 2.73. The first-order chi connectivity index (χ1) is 13.3. The molecule has 0 unspecified atom stereocenters. The molecule has 28 heavy (non-hydrogen) atoms. The number of hydrogen-bond donors (Lipinski definition) is 3. The summed E-state index contributed by atoms with van der Waals surface area (Å²) in [6, 6.07) is 13.3. The van der Waals surface area contributed by atoms with Crippen molar-refractivity contribution in [2.45, 2.75) is 24.9 Å². The second kappa shape index (κ2) is 9.89. The van der Waals surface area contributed by atoms with Crippen molar-refractivity contribution in [2.75, 3.05) is 18.5 Å². The Labute approximate surface area is 160 Å². The molecule has 2 rings (SSSR count). The van der Waals surface area contributed by atoms with Crippen molar-refractivity contribution in [1.29, 1.82) is 0 Å². The van der Waals surface area contributed by atoms with Gasteiger partial charge < -0.3 is 15.7 Å². The van der Waals surface area contributed by atoms with Crippen molar-refractivity contribution < 1.29 is 27.9 Å². The summed E-state index contributed by atoms with van der Waals surface area (Å²) in [6.07, 6.45) is -3.41. The molecule has 0 aromatic heterocycles. The first-order valence-corrected chi connectivity index (χ1v) is 8.73. The van der Waals surface area contributed by atoms with Crippen LogP contribution in [-0.2, 0) is 15.8 Å². The van der Waals surface area contributed by atoms with E-state index in [1.54, 1.807) is 0 Å². The van der Waals surface area contributed by atoms with E-state index in [0.717, 1.165) is 29.8 Å². The molecular formula is C20H21F3N2O3. The van der Waals surface area contributed by atoms with Gasteiger partial charge in [0.25, 0.3) is 0 Å². The topological polar surface area (TPSA) is 78.4 Å². The Kier molecular flexibility index (Phi) is 7.57. The molecule has 2 aromatic carbocycles. The third-order valence-electron chi connectivity index (χ3n) is 4.20. The summed E-state index contributed by atoms with van der Waals surface area (Å²) in [5.74, 6) is -1.81. The highest BCUT2D eigenvalue weighted by atomic mass is 19.4. The molecule has 0 bridgehead atoms. The minimum atomic E-state index is -4.47. The molecule has 0 spiro atoms. The lowest BCUT2D eigenvalue weighted by Gasteiger charge is -2.16. The van der Waals surface area contributed by atoms with Gasteiger partial charge in [-0.05, 0) is 48.6 Å². The van der Waals surface area contributed by atoms with Crippen LogP contribution in [0.3, 0.4) is 0 Å². The van der Waals surface area contributed by atoms with E-state index in [1.807, 2.05) is 30.3 Å². The summed E-state index contributed by atoms with van der Waals surface area (Å²) >= 11 is 0. The van der Waals surface area contributed by atoms with E-state index in [0.29, 0.717) is 12.8 Å². The average molecular weight is 394 g/mol. The number of amides is 2. The summed E-state index contributed by atoms with van der Waals surface area (Å²) < 4.78 is 37.6. The molecular weight excluding hydrogens is 373 g/mol. The number of hydrogen-bond acceptors (Lipinski definition) is 3. The maximum Gasteiger partial charge on any atom is 0.416 e. The molecule has 5 nitrogen and oxygen atoms in total. The monoisotopic (exact) mass is 394 g/mol. The number of aliphatic hydroxyl groups is 1. The molecule has 2 aromatic rings. The summed E-state index contributed by atoms with van der Waals surface area (Å²) in [4.78, 5) is 23.8. The Balaban J connectivity index is 1.84. The van der Waals surface area contributed by atoms with Crippen molar-refractivity contribution >= 4 is 17.5 Å². The van der Waals surface area contributed by atoms with E-state index in [1.165, 1.54) is 0 Å². The van der Waals surface area contributed by atoms with E-state index in [9.17, 15) is 27.9 Å². The Hall–Kier alpha value is -2.87. The smallest absolute Gasteiger partial charge is 0.396 e. The lowest BCUT2D eigenvalue weighted by molar-refractivity contribution is -0.137. The van der Waals surface area contributed by atoms with Crippen molar-refractivity contribution in [2.24, 2.45) is 0 Å². The largest absolute Gasteiger partial charge is 0.416 e. The van der Waals surface area contributed by atoms with E-state index in [-0.39, 0.29) is 24.8 Å². The van der Waals surface area contributed by atoms with E-state index in [4.69, 9.17) is 0 Å². The fourth-order valence-electron chi connectivity index (χ4n) is 2.73. The van der Waals surface area contributed by atoms with Gasteiger partial charge in [0.05, 0.1) is 5.56 Å². The van der Waals surface area contributed by atoms with Crippen LogP contribution in [0.2, 0.25) is 0 Å². The second-order valence-electron chi connectivity index (χ2n) is 6.19. The highest BCUT2D eigenvalue weighted by molar-refractivity contribution is 6.39. The van der Waals surface area contributed by atoms with Gasteiger partial charge in [-0.1, -0.05) is 30.3 Å². The number of benzene rings is 2. The molecule has 150 valence electrons. The van der Waals surface area contributed by atoms with Gasteiger partial charge in [-0.3, -0.25) is 9.59 Å². The van der Waals surface area contributed by atoms with E-state index < -0.39 is 23.6 Å². The van der Waals surface area contributed by atoms with Gasteiger partial charge in [-0.25, -0.2) is 0 Å². The molecule has 0 saturated carbocycles. The standard InChI is InChI=1S/C20H21F3N2O3/c21-20(22,23)16-6-8-17(9-7-16)25-19(28)18(27)24-12-10-15(11-13-26)14-4-2-1-3-5-14/h1-9,15,26H,10-13H2,(H,24,27)(H,25,28)/t15-/m0/s1. The summed E-state index contributed by atoms with van der Waals surface area (Å²) in [5.41, 5.74) is 0.279. The molecule has 0 aliphatic rings. The van der Waals surface area contributed by atoms with E-state index >= 15 is 0 Å². The zero-order valence-electron chi connectivity index (χ0n) is 15.0. The third kappa shape index (κ3) is 6.38. The first kappa shape index (κ1) is 21.4. The number of aliphatic hydroxyl groups excluding tert-OH is 1. The quantitative estimate of drug-likeness (QED) is 0.631. The third-order valence-corrected chi connectivity index (χ3v) is 4.20. The maximum absolute atomic E-state index is 12.5. The normalized spacial score (nSPS) is 12.3. The Morgan fingerprint density at radius 1 is 0.929 bits per heavy atom. The Bertz CT molecular complexity index is 778. The number of rotatable bonds is 7. The number of nitrogens with one attached hydrogen (secondary N) is 2. The molecule has 1 atom stereocenters. The van der Waals surface area contributed by atoms with E-state index in [2.05, 4.69) is 10.6 Å². The zero-order chi connectivity index (χ0) is 20.6. The lowest BCUT2D eigenvalue weighted by Crippen LogP contribution is -2.36. The van der Waals surface area contributed by atoms with Crippen LogP contribution in [0.15, 0.2) is 54.6 Å². The number of alkyl halides is 3. The summed E-state index contributed by atoms with van der Waals surface area (Å²) in [6.45, 7) is 0.223. The van der Waals surface area contributed by atoms with Crippen LogP contribution in [0.5, 0.6) is 0 Å². The van der Waals surface area contributed by atoms with Crippen LogP contribution in [-0.4, -0.2) is 30.1 Å². The molecule has 0 aliphatic heterocycles. The molecule has 0 heterocycles. The predicted octanol–water partition coefficient (Wildman–Crippen LogP) is 3.32. The second-order valence-corrected chi connectivity index (χ2v) is 6.19. The van der Waals surface area contributed by atoms with Gasteiger partial charge in [0.1, 0.15) is 0 Å². The zero-order valence-corrected chi connectivity index (χ0v) is 15.0. The molecule has 2 amide bonds. The minimum absolute atomic E-state index is 0.00190. The SMILES string of the molecule is O=C(NCC[C@@H](CCO)c1ccccc1)C(=O)Nc1ccc(C(F)(F)F)cc1. The van der Waals surface area contributed by atoms with Crippen LogP contribution in [0.25, 0.3) is 0 Å². The first-order valence-electron chi connectivity index (χ1n) is 8.73. The molecule has 0 fully saturated rings. The highest BCUT2D eigenvalue weighted by Gasteiger charge is 2.30. The Morgan fingerprint density at radius 2 is 1.57 bits per heavy atom. The predicted molar refractivity (Wildman–Crippen MR) is 98.6 cm³/mol. The molecule has 0 aliphatic carbocycles. The Morgan fingerprint density at radius 3 is 2.14 bits per heavy atom. The number of anilines is 1. The van der Waals surface area contributed by atoms with Crippen LogP contribution in [0.1, 0.15) is 29.9 Å². The van der Waals surface area contributed by atoms with Crippen LogP contribution >= 0.6 is 0 Å². The van der Waals surface area contributed by atoms with Crippen molar-refractivity contribution in [3.8, 4) is 0 Å². The van der Waals surface area contributed by atoms with Crippen LogP contribution in [0, 0.1) is 0 Å². The number of carbonyl (C=O) groups is 2. The van der Waals surface area contributed by atoms with Gasteiger partial charge in [-0.15, -0.1) is 0 Å². The van der Waals surface area contributed by atoms with Gasteiger partial charge in [-0.2, -0.15) is 13.2 Å². The molecule has 0 radical (unpaired) electrons. The summed E-state index contributed by atoms with van der Waals surface area (Å²) in [5, 5.41) is 13.9. The lowest BCUT2D eigenvalue weighted by atomic mass is 9.93. The van der Waals surface area contributed by atoms with Gasteiger partial charge in [0, 0.05) is 18.8 Å². The summed E-state index contributed by atoms with van der Waals surface area (Å²) in [7, 11) is 0. The minimum Gasteiger partial charge on any atom is -0.396 e.